The minimum absolute atomic E-state index is 0.0120. The molecule has 1 amide bonds. The lowest BCUT2D eigenvalue weighted by atomic mass is 10.2. The Hall–Kier alpha value is -2.36. The summed E-state index contributed by atoms with van der Waals surface area (Å²) in [6, 6.07) is 14.0. The summed E-state index contributed by atoms with van der Waals surface area (Å²) < 4.78 is 13.5. The lowest BCUT2D eigenvalue weighted by Gasteiger charge is -2.10. The van der Waals surface area contributed by atoms with E-state index in [-0.39, 0.29) is 17.6 Å². The Morgan fingerprint density at radius 2 is 1.67 bits per heavy atom. The van der Waals surface area contributed by atoms with Gasteiger partial charge in [-0.15, -0.1) is 0 Å². The maximum atomic E-state index is 13.5. The molecule has 3 nitrogen and oxygen atoms in total. The third-order valence-electron chi connectivity index (χ3n) is 3.12. The number of halogens is 1. The number of carbonyl (C=O) groups excluding carboxylic acids is 1. The van der Waals surface area contributed by atoms with Crippen molar-refractivity contribution in [2.75, 3.05) is 10.6 Å². The summed E-state index contributed by atoms with van der Waals surface area (Å²) in [5.74, 6) is -0.281. The van der Waals surface area contributed by atoms with E-state index in [0.29, 0.717) is 12.1 Å². The average Bonchev–Trinajstić information content (AvgIpc) is 2.48. The Labute approximate surface area is 124 Å². The summed E-state index contributed by atoms with van der Waals surface area (Å²) in [6.07, 6.45) is 0. The van der Waals surface area contributed by atoms with Gasteiger partial charge >= 0.3 is 0 Å². The summed E-state index contributed by atoms with van der Waals surface area (Å²) in [5.41, 5.74) is 2.25. The second-order valence-corrected chi connectivity index (χ2v) is 5.17. The van der Waals surface area contributed by atoms with E-state index in [2.05, 4.69) is 10.6 Å². The van der Waals surface area contributed by atoms with E-state index in [1.807, 2.05) is 44.2 Å². The summed E-state index contributed by atoms with van der Waals surface area (Å²) >= 11 is 0. The van der Waals surface area contributed by atoms with Crippen LogP contribution >= 0.6 is 0 Å². The van der Waals surface area contributed by atoms with Crippen molar-refractivity contribution in [2.24, 2.45) is 5.92 Å². The molecule has 0 aliphatic rings. The Bertz CT molecular complexity index is 608. The zero-order valence-corrected chi connectivity index (χ0v) is 12.2. The molecule has 0 radical (unpaired) electrons. The Kier molecular flexibility index (Phi) is 4.93. The highest BCUT2D eigenvalue weighted by Gasteiger charge is 2.06. The first-order valence-corrected chi connectivity index (χ1v) is 6.94. The largest absolute Gasteiger partial charge is 0.381 e. The van der Waals surface area contributed by atoms with E-state index < -0.39 is 0 Å². The predicted octanol–water partition coefficient (Wildman–Crippen LogP) is 4.03. The topological polar surface area (TPSA) is 41.1 Å². The van der Waals surface area contributed by atoms with Crippen molar-refractivity contribution in [3.05, 3.63) is 59.9 Å². The fourth-order valence-corrected chi connectivity index (χ4v) is 1.80. The smallest absolute Gasteiger partial charge is 0.226 e. The normalized spacial score (nSPS) is 10.5. The number of rotatable bonds is 5. The van der Waals surface area contributed by atoms with Gasteiger partial charge in [0.25, 0.3) is 0 Å². The summed E-state index contributed by atoms with van der Waals surface area (Å²) in [4.78, 5) is 11.6. The molecular weight excluding hydrogens is 267 g/mol. The van der Waals surface area contributed by atoms with Crippen LogP contribution in [0.15, 0.2) is 48.5 Å². The van der Waals surface area contributed by atoms with Crippen LogP contribution in [0.2, 0.25) is 0 Å². The van der Waals surface area contributed by atoms with Crippen LogP contribution in [0.25, 0.3) is 0 Å². The molecule has 21 heavy (non-hydrogen) atoms. The van der Waals surface area contributed by atoms with Gasteiger partial charge in [0.15, 0.2) is 0 Å². The monoisotopic (exact) mass is 286 g/mol. The van der Waals surface area contributed by atoms with Crippen LogP contribution in [-0.2, 0) is 11.3 Å². The fourth-order valence-electron chi connectivity index (χ4n) is 1.80. The van der Waals surface area contributed by atoms with Gasteiger partial charge in [0.05, 0.1) is 0 Å². The highest BCUT2D eigenvalue weighted by atomic mass is 19.1. The van der Waals surface area contributed by atoms with E-state index in [1.165, 1.54) is 6.07 Å². The minimum Gasteiger partial charge on any atom is -0.381 e. The molecule has 2 aromatic carbocycles. The first-order chi connectivity index (χ1) is 10.1. The molecule has 110 valence electrons. The van der Waals surface area contributed by atoms with Crippen LogP contribution in [-0.4, -0.2) is 5.91 Å². The molecule has 0 atom stereocenters. The SMILES string of the molecule is CC(C)C(=O)Nc1ccc(NCc2ccccc2F)cc1. The van der Waals surface area contributed by atoms with Gasteiger partial charge < -0.3 is 10.6 Å². The van der Waals surface area contributed by atoms with Crippen molar-refractivity contribution in [3.63, 3.8) is 0 Å². The molecule has 2 aromatic rings. The summed E-state index contributed by atoms with van der Waals surface area (Å²) in [5, 5.41) is 5.98. The number of carbonyl (C=O) groups is 1. The van der Waals surface area contributed by atoms with E-state index >= 15 is 0 Å². The van der Waals surface area contributed by atoms with Gasteiger partial charge in [-0.25, -0.2) is 4.39 Å². The van der Waals surface area contributed by atoms with Gasteiger partial charge in [-0.3, -0.25) is 4.79 Å². The van der Waals surface area contributed by atoms with Crippen molar-refractivity contribution in [3.8, 4) is 0 Å². The quantitative estimate of drug-likeness (QED) is 0.871. The lowest BCUT2D eigenvalue weighted by molar-refractivity contribution is -0.118. The van der Waals surface area contributed by atoms with Crippen LogP contribution in [0.1, 0.15) is 19.4 Å². The van der Waals surface area contributed by atoms with E-state index in [9.17, 15) is 9.18 Å². The standard InChI is InChI=1S/C17H19FN2O/c1-12(2)17(21)20-15-9-7-14(8-10-15)19-11-13-5-3-4-6-16(13)18/h3-10,12,19H,11H2,1-2H3,(H,20,21). The van der Waals surface area contributed by atoms with E-state index in [4.69, 9.17) is 0 Å². The van der Waals surface area contributed by atoms with Crippen molar-refractivity contribution < 1.29 is 9.18 Å². The van der Waals surface area contributed by atoms with Gasteiger partial charge in [0.2, 0.25) is 5.91 Å². The molecule has 2 N–H and O–H groups in total. The molecule has 0 saturated heterocycles. The maximum absolute atomic E-state index is 13.5. The third-order valence-corrected chi connectivity index (χ3v) is 3.12. The molecule has 4 heteroatoms. The number of hydrogen-bond acceptors (Lipinski definition) is 2. The van der Waals surface area contributed by atoms with Crippen molar-refractivity contribution in [2.45, 2.75) is 20.4 Å². The Morgan fingerprint density at radius 3 is 2.29 bits per heavy atom. The van der Waals surface area contributed by atoms with Crippen LogP contribution < -0.4 is 10.6 Å². The molecule has 0 aliphatic heterocycles. The highest BCUT2D eigenvalue weighted by Crippen LogP contribution is 2.16. The first-order valence-electron chi connectivity index (χ1n) is 6.94. The van der Waals surface area contributed by atoms with Crippen molar-refractivity contribution in [1.82, 2.24) is 0 Å². The van der Waals surface area contributed by atoms with Crippen molar-refractivity contribution in [1.29, 1.82) is 0 Å². The number of benzene rings is 2. The Morgan fingerprint density at radius 1 is 1.05 bits per heavy atom. The second-order valence-electron chi connectivity index (χ2n) is 5.17. The van der Waals surface area contributed by atoms with Gasteiger partial charge in [-0.05, 0) is 30.3 Å². The van der Waals surface area contributed by atoms with Crippen LogP contribution in [0.5, 0.6) is 0 Å². The fraction of sp³-hybridized carbons (Fsp3) is 0.235. The van der Waals surface area contributed by atoms with Gasteiger partial charge in [-0.1, -0.05) is 32.0 Å². The molecule has 0 bridgehead atoms. The van der Waals surface area contributed by atoms with E-state index in [1.54, 1.807) is 12.1 Å². The molecule has 0 fully saturated rings. The van der Waals surface area contributed by atoms with Crippen LogP contribution in [0, 0.1) is 11.7 Å². The highest BCUT2D eigenvalue weighted by molar-refractivity contribution is 5.92. The molecular formula is C17H19FN2O. The number of amides is 1. The van der Waals surface area contributed by atoms with Gasteiger partial charge in [-0.2, -0.15) is 0 Å². The zero-order chi connectivity index (χ0) is 15.2. The first kappa shape index (κ1) is 15.0. The summed E-state index contributed by atoms with van der Waals surface area (Å²) in [6.45, 7) is 4.11. The lowest BCUT2D eigenvalue weighted by Crippen LogP contribution is -2.17. The van der Waals surface area contributed by atoms with E-state index in [0.717, 1.165) is 11.4 Å². The van der Waals surface area contributed by atoms with Gasteiger partial charge in [0, 0.05) is 29.4 Å². The average molecular weight is 286 g/mol. The second kappa shape index (κ2) is 6.88. The van der Waals surface area contributed by atoms with Gasteiger partial charge in [0.1, 0.15) is 5.82 Å². The Balaban J connectivity index is 1.94. The molecule has 0 heterocycles. The molecule has 0 aromatic heterocycles. The molecule has 0 saturated carbocycles. The van der Waals surface area contributed by atoms with Crippen LogP contribution in [0.3, 0.4) is 0 Å². The molecule has 0 unspecified atom stereocenters. The summed E-state index contributed by atoms with van der Waals surface area (Å²) in [7, 11) is 0. The minimum atomic E-state index is -0.217. The molecule has 0 aliphatic carbocycles. The third kappa shape index (κ3) is 4.31. The molecule has 0 spiro atoms. The number of hydrogen-bond donors (Lipinski definition) is 2. The number of anilines is 2. The maximum Gasteiger partial charge on any atom is 0.226 e. The van der Waals surface area contributed by atoms with Crippen LogP contribution in [0.4, 0.5) is 15.8 Å². The molecule has 2 rings (SSSR count). The zero-order valence-electron chi connectivity index (χ0n) is 12.2. The van der Waals surface area contributed by atoms with Crippen molar-refractivity contribution >= 4 is 17.3 Å². The number of nitrogens with one attached hydrogen (secondary N) is 2. The predicted molar refractivity (Wildman–Crippen MR) is 83.6 cm³/mol.